The summed E-state index contributed by atoms with van der Waals surface area (Å²) < 4.78 is 7.22. The highest BCUT2D eigenvalue weighted by atomic mass is 16.6. The highest BCUT2D eigenvalue weighted by Crippen LogP contribution is 2.33. The Morgan fingerprint density at radius 2 is 1.93 bits per heavy atom. The van der Waals surface area contributed by atoms with Crippen molar-refractivity contribution < 1.29 is 14.5 Å². The molecule has 29 heavy (non-hydrogen) atoms. The predicted molar refractivity (Wildman–Crippen MR) is 110 cm³/mol. The average molecular weight is 393 g/mol. The summed E-state index contributed by atoms with van der Waals surface area (Å²) in [6.45, 7) is 1.44. The van der Waals surface area contributed by atoms with Crippen LogP contribution in [0, 0.1) is 10.1 Å². The van der Waals surface area contributed by atoms with Gasteiger partial charge in [-0.3, -0.25) is 14.9 Å². The Morgan fingerprint density at radius 1 is 1.21 bits per heavy atom. The molecule has 1 saturated carbocycles. The standard InChI is InChI=1S/C22H23N3O4/c1-29-13-12-23-15-19(18-7-3-5-9-21(18)23)22(26)24(17-10-11-17)14-16-6-2-4-8-20(16)25(27)28/h2-9,15,17H,10-14H2,1H3. The van der Waals surface area contributed by atoms with E-state index in [1.54, 1.807) is 30.2 Å². The second-order valence-electron chi connectivity index (χ2n) is 7.30. The monoisotopic (exact) mass is 393 g/mol. The average Bonchev–Trinajstić information content (AvgIpc) is 3.51. The number of nitro groups is 1. The number of amides is 1. The Labute approximate surface area is 168 Å². The number of hydrogen-bond donors (Lipinski definition) is 0. The number of ether oxygens (including phenoxy) is 1. The van der Waals surface area contributed by atoms with Gasteiger partial charge in [-0.25, -0.2) is 0 Å². The summed E-state index contributed by atoms with van der Waals surface area (Å²) in [6, 6.07) is 14.6. The summed E-state index contributed by atoms with van der Waals surface area (Å²) in [5.41, 5.74) is 2.21. The molecule has 150 valence electrons. The zero-order chi connectivity index (χ0) is 20.4. The first-order chi connectivity index (χ1) is 14.1. The van der Waals surface area contributed by atoms with E-state index in [4.69, 9.17) is 4.74 Å². The summed E-state index contributed by atoms with van der Waals surface area (Å²) >= 11 is 0. The Morgan fingerprint density at radius 3 is 2.66 bits per heavy atom. The van der Waals surface area contributed by atoms with Crippen LogP contribution in [-0.4, -0.2) is 40.1 Å². The second-order valence-corrected chi connectivity index (χ2v) is 7.30. The Bertz CT molecular complexity index is 1060. The fourth-order valence-electron chi connectivity index (χ4n) is 3.71. The van der Waals surface area contributed by atoms with Gasteiger partial charge in [0.1, 0.15) is 0 Å². The van der Waals surface area contributed by atoms with Gasteiger partial charge in [-0.2, -0.15) is 0 Å². The maximum Gasteiger partial charge on any atom is 0.274 e. The quantitative estimate of drug-likeness (QED) is 0.428. The highest BCUT2D eigenvalue weighted by molar-refractivity contribution is 6.07. The third-order valence-corrected chi connectivity index (χ3v) is 5.33. The van der Waals surface area contributed by atoms with Crippen LogP contribution in [-0.2, 0) is 17.8 Å². The van der Waals surface area contributed by atoms with Crippen LogP contribution in [0.15, 0.2) is 54.7 Å². The van der Waals surface area contributed by atoms with E-state index in [0.717, 1.165) is 23.7 Å². The summed E-state index contributed by atoms with van der Waals surface area (Å²) in [7, 11) is 1.65. The van der Waals surface area contributed by atoms with Gasteiger partial charge < -0.3 is 14.2 Å². The normalized spacial score (nSPS) is 13.6. The largest absolute Gasteiger partial charge is 0.383 e. The van der Waals surface area contributed by atoms with Crippen molar-refractivity contribution in [2.45, 2.75) is 32.0 Å². The predicted octanol–water partition coefficient (Wildman–Crippen LogP) is 4.00. The SMILES string of the molecule is COCCn1cc(C(=O)N(Cc2ccccc2[N+](=O)[O-])C2CC2)c2ccccc21. The van der Waals surface area contributed by atoms with Crippen molar-refractivity contribution in [1.29, 1.82) is 0 Å². The topological polar surface area (TPSA) is 77.6 Å². The molecule has 1 heterocycles. The van der Waals surface area contributed by atoms with E-state index in [1.165, 1.54) is 6.07 Å². The molecule has 0 unspecified atom stereocenters. The maximum absolute atomic E-state index is 13.5. The van der Waals surface area contributed by atoms with Crippen LogP contribution < -0.4 is 0 Å². The highest BCUT2D eigenvalue weighted by Gasteiger charge is 2.35. The van der Waals surface area contributed by atoms with E-state index in [1.807, 2.05) is 35.0 Å². The number of carbonyl (C=O) groups excluding carboxylic acids is 1. The lowest BCUT2D eigenvalue weighted by Crippen LogP contribution is -2.32. The van der Waals surface area contributed by atoms with Crippen molar-refractivity contribution >= 4 is 22.5 Å². The minimum atomic E-state index is -0.387. The molecule has 4 rings (SSSR count). The number of rotatable bonds is 8. The van der Waals surface area contributed by atoms with Crippen LogP contribution in [0.4, 0.5) is 5.69 Å². The first-order valence-corrected chi connectivity index (χ1v) is 9.70. The van der Waals surface area contributed by atoms with Crippen LogP contribution >= 0.6 is 0 Å². The molecule has 1 fully saturated rings. The summed E-state index contributed by atoms with van der Waals surface area (Å²) in [5, 5.41) is 12.3. The van der Waals surface area contributed by atoms with Crippen LogP contribution in [0.2, 0.25) is 0 Å². The molecule has 0 saturated heterocycles. The number of aromatic nitrogens is 1. The lowest BCUT2D eigenvalue weighted by atomic mass is 10.1. The molecule has 1 aliphatic rings. The Kier molecular flexibility index (Phi) is 5.31. The number of nitro benzene ring substituents is 1. The number of carbonyl (C=O) groups is 1. The maximum atomic E-state index is 13.5. The number of hydrogen-bond acceptors (Lipinski definition) is 4. The molecular weight excluding hydrogens is 370 g/mol. The molecule has 7 heteroatoms. The van der Waals surface area contributed by atoms with Crippen molar-refractivity contribution in [3.05, 3.63) is 76.0 Å². The van der Waals surface area contributed by atoms with Gasteiger partial charge in [0.05, 0.1) is 23.6 Å². The molecule has 1 amide bonds. The van der Waals surface area contributed by atoms with E-state index < -0.39 is 0 Å². The fourth-order valence-corrected chi connectivity index (χ4v) is 3.71. The van der Waals surface area contributed by atoms with Crippen molar-refractivity contribution in [2.75, 3.05) is 13.7 Å². The molecule has 3 aromatic rings. The lowest BCUT2D eigenvalue weighted by Gasteiger charge is -2.22. The van der Waals surface area contributed by atoms with Crippen molar-refractivity contribution in [3.8, 4) is 0 Å². The molecule has 0 atom stereocenters. The summed E-state index contributed by atoms with van der Waals surface area (Å²) in [5.74, 6) is -0.0852. The first-order valence-electron chi connectivity index (χ1n) is 9.70. The summed E-state index contributed by atoms with van der Waals surface area (Å²) in [4.78, 5) is 26.3. The van der Waals surface area contributed by atoms with Gasteiger partial charge in [0, 0.05) is 48.4 Å². The molecule has 0 bridgehead atoms. The van der Waals surface area contributed by atoms with Crippen molar-refractivity contribution in [2.24, 2.45) is 0 Å². The molecule has 2 aromatic carbocycles. The zero-order valence-corrected chi connectivity index (χ0v) is 16.3. The van der Waals surface area contributed by atoms with Gasteiger partial charge in [-0.15, -0.1) is 0 Å². The van der Waals surface area contributed by atoms with E-state index in [0.29, 0.717) is 24.3 Å². The molecule has 0 aliphatic heterocycles. The van der Waals surface area contributed by atoms with E-state index in [9.17, 15) is 14.9 Å². The minimum Gasteiger partial charge on any atom is -0.383 e. The number of para-hydroxylation sites is 2. The molecule has 0 N–H and O–H groups in total. The first kappa shape index (κ1) is 19.1. The third kappa shape index (κ3) is 3.86. The molecule has 7 nitrogen and oxygen atoms in total. The Hall–Kier alpha value is -3.19. The third-order valence-electron chi connectivity index (χ3n) is 5.33. The number of nitrogens with zero attached hydrogens (tertiary/aromatic N) is 3. The van der Waals surface area contributed by atoms with Crippen LogP contribution in [0.1, 0.15) is 28.8 Å². The van der Waals surface area contributed by atoms with Gasteiger partial charge >= 0.3 is 0 Å². The van der Waals surface area contributed by atoms with Crippen LogP contribution in [0.3, 0.4) is 0 Å². The number of methoxy groups -OCH3 is 1. The number of benzene rings is 2. The van der Waals surface area contributed by atoms with E-state index in [-0.39, 0.29) is 29.1 Å². The summed E-state index contributed by atoms with van der Waals surface area (Å²) in [6.07, 6.45) is 3.73. The molecular formula is C22H23N3O4. The molecule has 1 aliphatic carbocycles. The van der Waals surface area contributed by atoms with E-state index >= 15 is 0 Å². The molecule has 0 radical (unpaired) electrons. The van der Waals surface area contributed by atoms with Gasteiger partial charge in [0.15, 0.2) is 0 Å². The van der Waals surface area contributed by atoms with Gasteiger partial charge in [0.25, 0.3) is 11.6 Å². The van der Waals surface area contributed by atoms with Crippen LogP contribution in [0.25, 0.3) is 10.9 Å². The lowest BCUT2D eigenvalue weighted by molar-refractivity contribution is -0.385. The van der Waals surface area contributed by atoms with Gasteiger partial charge in [0.2, 0.25) is 0 Å². The van der Waals surface area contributed by atoms with Crippen molar-refractivity contribution in [1.82, 2.24) is 9.47 Å². The van der Waals surface area contributed by atoms with Gasteiger partial charge in [-0.1, -0.05) is 36.4 Å². The van der Waals surface area contributed by atoms with Crippen LogP contribution in [0.5, 0.6) is 0 Å². The van der Waals surface area contributed by atoms with Crippen molar-refractivity contribution in [3.63, 3.8) is 0 Å². The van der Waals surface area contributed by atoms with Gasteiger partial charge in [-0.05, 0) is 18.9 Å². The fraction of sp³-hybridized carbons (Fsp3) is 0.318. The molecule has 0 spiro atoms. The molecule has 1 aromatic heterocycles. The Balaban J connectivity index is 1.69. The second kappa shape index (κ2) is 8.05. The smallest absolute Gasteiger partial charge is 0.274 e. The zero-order valence-electron chi connectivity index (χ0n) is 16.3. The van der Waals surface area contributed by atoms with E-state index in [2.05, 4.69) is 0 Å². The number of fused-ring (bicyclic) bond motifs is 1. The minimum absolute atomic E-state index is 0.0495.